The molecule has 0 aliphatic heterocycles. The number of hydrogen-bond donors (Lipinski definition) is 3. The number of carbonyl (C=O) groups excluding carboxylic acids is 2. The average molecular weight is 1140 g/mol. The van der Waals surface area contributed by atoms with E-state index in [0.717, 1.165) is 44.9 Å². The summed E-state index contributed by atoms with van der Waals surface area (Å²) in [7, 11) is 0. The van der Waals surface area contributed by atoms with Crippen molar-refractivity contribution >= 4 is 11.9 Å². The molecule has 0 bridgehead atoms. The van der Waals surface area contributed by atoms with Gasteiger partial charge in [-0.25, -0.2) is 0 Å². The third kappa shape index (κ3) is 67.1. The zero-order valence-electron chi connectivity index (χ0n) is 54.8. The van der Waals surface area contributed by atoms with Gasteiger partial charge >= 0.3 is 5.97 Å². The second kappa shape index (κ2) is 70.6. The van der Waals surface area contributed by atoms with Crippen molar-refractivity contribution in [2.45, 2.75) is 418 Å². The fourth-order valence-corrected chi connectivity index (χ4v) is 11.5. The molecule has 0 heterocycles. The van der Waals surface area contributed by atoms with Crippen molar-refractivity contribution in [2.24, 2.45) is 0 Å². The van der Waals surface area contributed by atoms with Crippen molar-refractivity contribution in [3.63, 3.8) is 0 Å². The Morgan fingerprint density at radius 3 is 0.877 bits per heavy atom. The number of aliphatic hydroxyl groups excluding tert-OH is 2. The molecule has 2 unspecified atom stereocenters. The van der Waals surface area contributed by atoms with Gasteiger partial charge in [0.15, 0.2) is 0 Å². The molecule has 0 aromatic carbocycles. The van der Waals surface area contributed by atoms with E-state index in [1.165, 1.54) is 334 Å². The molecule has 0 aliphatic rings. The van der Waals surface area contributed by atoms with Crippen LogP contribution in [0, 0.1) is 0 Å². The van der Waals surface area contributed by atoms with E-state index in [4.69, 9.17) is 4.74 Å². The molecule has 6 heteroatoms. The maximum absolute atomic E-state index is 12.5. The minimum atomic E-state index is -0.845. The van der Waals surface area contributed by atoms with Gasteiger partial charge in [-0.05, 0) is 83.5 Å². The fraction of sp³-hybridized carbons (Fsp3) is 0.893. The van der Waals surface area contributed by atoms with Crippen LogP contribution in [-0.4, -0.2) is 47.4 Å². The third-order valence-corrected chi connectivity index (χ3v) is 17.1. The van der Waals surface area contributed by atoms with E-state index in [1.807, 2.05) is 6.08 Å². The van der Waals surface area contributed by atoms with Crippen molar-refractivity contribution in [2.75, 3.05) is 13.2 Å². The third-order valence-electron chi connectivity index (χ3n) is 17.1. The van der Waals surface area contributed by atoms with Crippen LogP contribution in [0.25, 0.3) is 0 Å². The summed E-state index contributed by atoms with van der Waals surface area (Å²) in [5, 5.41) is 23.2. The van der Waals surface area contributed by atoms with Crippen molar-refractivity contribution in [3.05, 3.63) is 36.5 Å². The fourth-order valence-electron chi connectivity index (χ4n) is 11.5. The van der Waals surface area contributed by atoms with Gasteiger partial charge in [-0.15, -0.1) is 0 Å². The molecule has 2 atom stereocenters. The van der Waals surface area contributed by atoms with Crippen LogP contribution in [0.2, 0.25) is 0 Å². The zero-order chi connectivity index (χ0) is 58.5. The molecule has 0 aliphatic carbocycles. The number of unbranched alkanes of at least 4 members (excludes halogenated alkanes) is 54. The van der Waals surface area contributed by atoms with Gasteiger partial charge < -0.3 is 20.3 Å². The first-order chi connectivity index (χ1) is 40.0. The number of allylic oxidation sites excluding steroid dienone is 5. The number of ether oxygens (including phenoxy) is 1. The van der Waals surface area contributed by atoms with Crippen molar-refractivity contribution in [1.29, 1.82) is 0 Å². The Kier molecular flexibility index (Phi) is 68.9. The lowest BCUT2D eigenvalue weighted by Gasteiger charge is -2.20. The van der Waals surface area contributed by atoms with Gasteiger partial charge in [0, 0.05) is 12.8 Å². The number of nitrogens with one attached hydrogen (secondary N) is 1. The summed E-state index contributed by atoms with van der Waals surface area (Å²) in [6.07, 6.45) is 90.9. The summed E-state index contributed by atoms with van der Waals surface area (Å²) in [4.78, 5) is 24.6. The molecular formula is C75H143NO5. The van der Waals surface area contributed by atoms with Crippen molar-refractivity contribution < 1.29 is 24.5 Å². The maximum Gasteiger partial charge on any atom is 0.305 e. The molecule has 0 radical (unpaired) electrons. The molecule has 0 spiro atoms. The first-order valence-corrected chi connectivity index (χ1v) is 36.8. The van der Waals surface area contributed by atoms with E-state index in [1.54, 1.807) is 6.08 Å². The monoisotopic (exact) mass is 1140 g/mol. The minimum Gasteiger partial charge on any atom is -0.466 e. The lowest BCUT2D eigenvalue weighted by Crippen LogP contribution is -2.45. The second-order valence-electron chi connectivity index (χ2n) is 25.3. The topological polar surface area (TPSA) is 95.9 Å². The van der Waals surface area contributed by atoms with Gasteiger partial charge in [0.05, 0.1) is 25.4 Å². The minimum absolute atomic E-state index is 0.0132. The van der Waals surface area contributed by atoms with Gasteiger partial charge in [-0.2, -0.15) is 0 Å². The molecule has 3 N–H and O–H groups in total. The Morgan fingerprint density at radius 1 is 0.333 bits per heavy atom. The zero-order valence-corrected chi connectivity index (χ0v) is 54.8. The largest absolute Gasteiger partial charge is 0.466 e. The van der Waals surface area contributed by atoms with Crippen molar-refractivity contribution in [3.8, 4) is 0 Å². The van der Waals surface area contributed by atoms with E-state index < -0.39 is 12.1 Å². The maximum atomic E-state index is 12.5. The summed E-state index contributed by atoms with van der Waals surface area (Å²) in [6, 6.07) is -0.629. The molecule has 0 saturated heterocycles. The molecule has 0 aromatic heterocycles. The van der Waals surface area contributed by atoms with Crippen LogP contribution in [0.3, 0.4) is 0 Å². The van der Waals surface area contributed by atoms with Crippen molar-refractivity contribution in [1.82, 2.24) is 5.32 Å². The Labute approximate surface area is 506 Å². The number of amides is 1. The number of carbonyl (C=O) groups is 2. The lowest BCUT2D eigenvalue weighted by atomic mass is 10.0. The number of aliphatic hydroxyl groups is 2. The lowest BCUT2D eigenvalue weighted by molar-refractivity contribution is -0.143. The SMILES string of the molecule is CCCCCCCCC/C=C\CCCCCCCCCC(=O)OCCCCCCCCCCCCCC/C=C\CCCCCCCCCCCCCCC(=O)NC(CO)C(O)/C=C/CCCCCCCCCCCCCCCCCC. The van der Waals surface area contributed by atoms with Gasteiger partial charge in [0.1, 0.15) is 0 Å². The van der Waals surface area contributed by atoms with E-state index in [-0.39, 0.29) is 18.5 Å². The van der Waals surface area contributed by atoms with Crippen LogP contribution in [-0.2, 0) is 14.3 Å². The van der Waals surface area contributed by atoms with Crippen LogP contribution in [0.15, 0.2) is 36.5 Å². The Balaban J connectivity index is 3.39. The van der Waals surface area contributed by atoms with Gasteiger partial charge in [0.25, 0.3) is 0 Å². The van der Waals surface area contributed by atoms with E-state index >= 15 is 0 Å². The van der Waals surface area contributed by atoms with E-state index in [2.05, 4.69) is 43.5 Å². The van der Waals surface area contributed by atoms with Crippen LogP contribution in [0.4, 0.5) is 0 Å². The molecule has 81 heavy (non-hydrogen) atoms. The summed E-state index contributed by atoms with van der Waals surface area (Å²) in [6.45, 7) is 4.94. The molecule has 0 fully saturated rings. The van der Waals surface area contributed by atoms with Crippen LogP contribution in [0.1, 0.15) is 406 Å². The highest BCUT2D eigenvalue weighted by molar-refractivity contribution is 5.76. The molecular weight excluding hydrogens is 995 g/mol. The first-order valence-electron chi connectivity index (χ1n) is 36.8. The smallest absolute Gasteiger partial charge is 0.305 e. The number of esters is 1. The molecule has 0 aromatic rings. The molecule has 6 nitrogen and oxygen atoms in total. The first kappa shape index (κ1) is 79.1. The molecule has 0 saturated carbocycles. The second-order valence-corrected chi connectivity index (χ2v) is 25.3. The van der Waals surface area contributed by atoms with Gasteiger partial charge in [0.2, 0.25) is 5.91 Å². The van der Waals surface area contributed by atoms with E-state index in [0.29, 0.717) is 19.4 Å². The summed E-state index contributed by atoms with van der Waals surface area (Å²) in [5.41, 5.74) is 0. The standard InChI is InChI=1S/C75H143NO5/c1-3-5-7-9-11-13-15-17-19-21-35-39-43-47-51-55-59-63-67-73(78)72(71-77)76-74(79)68-64-60-56-52-48-44-40-36-33-31-29-27-25-23-24-26-28-30-32-34-38-42-46-50-54-58-62-66-70-81-75(80)69-65-61-57-53-49-45-41-37-22-20-18-16-14-12-10-8-6-4-2/h20,22-24,63,67,72-73,77-78H,3-19,21,25-62,64-66,68-71H2,1-2H3,(H,76,79)/b22-20-,24-23-,67-63+. The van der Waals surface area contributed by atoms with Gasteiger partial charge in [-0.3, -0.25) is 9.59 Å². The normalized spacial score (nSPS) is 12.7. The molecule has 478 valence electrons. The highest BCUT2D eigenvalue weighted by Crippen LogP contribution is 2.18. The molecule has 1 amide bonds. The van der Waals surface area contributed by atoms with Crippen LogP contribution in [0.5, 0.6) is 0 Å². The van der Waals surface area contributed by atoms with E-state index in [9.17, 15) is 19.8 Å². The average Bonchev–Trinajstić information content (AvgIpc) is 3.47. The highest BCUT2D eigenvalue weighted by Gasteiger charge is 2.18. The predicted molar refractivity (Wildman–Crippen MR) is 356 cm³/mol. The number of rotatable bonds is 69. The summed E-state index contributed by atoms with van der Waals surface area (Å²) < 4.78 is 5.51. The Morgan fingerprint density at radius 2 is 0.580 bits per heavy atom. The Bertz CT molecular complexity index is 1310. The number of hydrogen-bond acceptors (Lipinski definition) is 5. The Hall–Kier alpha value is -1.92. The summed E-state index contributed by atoms with van der Waals surface area (Å²) >= 11 is 0. The van der Waals surface area contributed by atoms with Crippen LogP contribution < -0.4 is 5.32 Å². The quantitative estimate of drug-likeness (QED) is 0.0320. The summed E-state index contributed by atoms with van der Waals surface area (Å²) in [5.74, 6) is -0.0516. The predicted octanol–water partition coefficient (Wildman–Crippen LogP) is 23.9. The van der Waals surface area contributed by atoms with Crippen LogP contribution >= 0.6 is 0 Å². The van der Waals surface area contributed by atoms with Gasteiger partial charge in [-0.1, -0.05) is 346 Å². The highest BCUT2D eigenvalue weighted by atomic mass is 16.5. The molecule has 0 rings (SSSR count).